The van der Waals surface area contributed by atoms with Gasteiger partial charge in [0, 0.05) is 37.3 Å². The molecule has 0 unspecified atom stereocenters. The van der Waals surface area contributed by atoms with Gasteiger partial charge in [-0.2, -0.15) is 4.98 Å². The summed E-state index contributed by atoms with van der Waals surface area (Å²) in [5, 5.41) is 9.78. The van der Waals surface area contributed by atoms with Gasteiger partial charge in [-0.05, 0) is 41.6 Å². The summed E-state index contributed by atoms with van der Waals surface area (Å²) in [6.07, 6.45) is 1.88. The minimum atomic E-state index is -0.258. The highest BCUT2D eigenvalue weighted by Crippen LogP contribution is 2.28. The third-order valence-electron chi connectivity index (χ3n) is 5.44. The van der Waals surface area contributed by atoms with Crippen LogP contribution in [-0.2, 0) is 0 Å². The van der Waals surface area contributed by atoms with Crippen molar-refractivity contribution in [3.05, 3.63) is 66.6 Å². The summed E-state index contributed by atoms with van der Waals surface area (Å²) in [5.41, 5.74) is 2.57. The minimum absolute atomic E-state index is 0.258. The second kappa shape index (κ2) is 7.72. The van der Waals surface area contributed by atoms with E-state index in [2.05, 4.69) is 24.9 Å². The predicted molar refractivity (Wildman–Crippen MR) is 120 cm³/mol. The summed E-state index contributed by atoms with van der Waals surface area (Å²) < 4.78 is 20.4. The Kier molecular flexibility index (Phi) is 4.57. The van der Waals surface area contributed by atoms with Crippen molar-refractivity contribution in [2.24, 2.45) is 0 Å². The van der Waals surface area contributed by atoms with Gasteiger partial charge in [-0.15, -0.1) is 5.10 Å². The van der Waals surface area contributed by atoms with Crippen molar-refractivity contribution in [1.29, 1.82) is 0 Å². The number of aromatic nitrogens is 5. The molecule has 8 nitrogen and oxygen atoms in total. The Bertz CT molecular complexity index is 1320. The molecule has 32 heavy (non-hydrogen) atoms. The van der Waals surface area contributed by atoms with Crippen LogP contribution in [0.25, 0.3) is 27.7 Å². The first-order chi connectivity index (χ1) is 15.7. The normalized spacial score (nSPS) is 14.4. The number of benzene rings is 2. The minimum Gasteiger partial charge on any atom is -0.343 e. The molecule has 1 aliphatic heterocycles. The van der Waals surface area contributed by atoms with Crippen LogP contribution >= 0.6 is 11.3 Å². The molecular formula is C22H18FN7OS. The summed E-state index contributed by atoms with van der Waals surface area (Å²) in [6.45, 7) is 3.15. The second-order valence-electron chi connectivity index (χ2n) is 7.48. The topological polar surface area (TPSA) is 75.6 Å². The van der Waals surface area contributed by atoms with Gasteiger partial charge in [0.25, 0.3) is 11.8 Å². The Morgan fingerprint density at radius 2 is 1.59 bits per heavy atom. The van der Waals surface area contributed by atoms with E-state index in [-0.39, 0.29) is 5.82 Å². The van der Waals surface area contributed by atoms with Crippen molar-refractivity contribution in [3.63, 3.8) is 0 Å². The van der Waals surface area contributed by atoms with Crippen LogP contribution in [0, 0.1) is 5.82 Å². The Morgan fingerprint density at radius 1 is 0.844 bits per heavy atom. The molecule has 0 bridgehead atoms. The number of fused-ring (bicyclic) bond motifs is 1. The highest BCUT2D eigenvalue weighted by Gasteiger charge is 2.24. The first-order valence-corrected chi connectivity index (χ1v) is 11.1. The quantitative estimate of drug-likeness (QED) is 0.413. The fourth-order valence-electron chi connectivity index (χ4n) is 3.72. The Hall–Kier alpha value is -3.79. The van der Waals surface area contributed by atoms with Crippen LogP contribution in [-0.4, -0.2) is 50.9 Å². The predicted octanol–water partition coefficient (Wildman–Crippen LogP) is 3.97. The van der Waals surface area contributed by atoms with Crippen molar-refractivity contribution >= 4 is 27.4 Å². The number of imidazole rings is 1. The highest BCUT2D eigenvalue weighted by molar-refractivity contribution is 7.20. The highest BCUT2D eigenvalue weighted by atomic mass is 32.1. The van der Waals surface area contributed by atoms with Gasteiger partial charge in [0.1, 0.15) is 5.82 Å². The molecule has 1 aliphatic rings. The van der Waals surface area contributed by atoms with E-state index in [0.29, 0.717) is 11.8 Å². The molecule has 3 aromatic heterocycles. The molecule has 0 aliphatic carbocycles. The number of rotatable bonds is 4. The molecule has 5 aromatic rings. The lowest BCUT2D eigenvalue weighted by Crippen LogP contribution is -2.47. The van der Waals surface area contributed by atoms with E-state index in [1.807, 2.05) is 36.5 Å². The fourth-order valence-corrected chi connectivity index (χ4v) is 4.65. The zero-order chi connectivity index (χ0) is 21.5. The van der Waals surface area contributed by atoms with Crippen molar-refractivity contribution < 1.29 is 8.91 Å². The third kappa shape index (κ3) is 3.48. The second-order valence-corrected chi connectivity index (χ2v) is 8.42. The Balaban J connectivity index is 1.14. The summed E-state index contributed by atoms with van der Waals surface area (Å²) in [7, 11) is 0. The van der Waals surface area contributed by atoms with E-state index in [4.69, 9.17) is 9.62 Å². The van der Waals surface area contributed by atoms with Gasteiger partial charge in [0.2, 0.25) is 10.1 Å². The SMILES string of the molecule is Fc1ccc(-c2cn3nc(N4CCN(c5noc(-c6ccccc6)n5)CC4)sc3n2)cc1. The van der Waals surface area contributed by atoms with Crippen molar-refractivity contribution in [2.75, 3.05) is 36.0 Å². The molecule has 0 N–H and O–H groups in total. The molecule has 160 valence electrons. The smallest absolute Gasteiger partial charge is 0.266 e. The van der Waals surface area contributed by atoms with Gasteiger partial charge >= 0.3 is 0 Å². The standard InChI is InChI=1S/C22H18FN7OS/c23-17-8-6-15(7-9-17)18-14-30-21(24-18)32-22(26-30)29-12-10-28(11-13-29)20-25-19(31-27-20)16-4-2-1-3-5-16/h1-9,14H,10-13H2. The van der Waals surface area contributed by atoms with Gasteiger partial charge in [0.15, 0.2) is 0 Å². The van der Waals surface area contributed by atoms with Gasteiger partial charge in [-0.25, -0.2) is 13.9 Å². The van der Waals surface area contributed by atoms with Gasteiger partial charge in [-0.1, -0.05) is 29.5 Å². The number of nitrogens with zero attached hydrogens (tertiary/aromatic N) is 7. The van der Waals surface area contributed by atoms with Crippen LogP contribution in [0.4, 0.5) is 15.5 Å². The van der Waals surface area contributed by atoms with Crippen LogP contribution in [0.15, 0.2) is 65.3 Å². The molecule has 4 heterocycles. The van der Waals surface area contributed by atoms with Gasteiger partial charge in [0.05, 0.1) is 11.9 Å². The van der Waals surface area contributed by atoms with E-state index in [0.717, 1.165) is 53.1 Å². The lowest BCUT2D eigenvalue weighted by molar-refractivity contribution is 0.428. The molecule has 0 spiro atoms. The summed E-state index contributed by atoms with van der Waals surface area (Å²) in [5.74, 6) is 0.883. The molecule has 2 aromatic carbocycles. The van der Waals surface area contributed by atoms with Crippen molar-refractivity contribution in [2.45, 2.75) is 0 Å². The van der Waals surface area contributed by atoms with Crippen molar-refractivity contribution in [1.82, 2.24) is 24.7 Å². The zero-order valence-electron chi connectivity index (χ0n) is 16.9. The molecule has 0 radical (unpaired) electrons. The average molecular weight is 447 g/mol. The Morgan fingerprint density at radius 3 is 2.34 bits per heavy atom. The number of piperazine rings is 1. The number of anilines is 2. The third-order valence-corrected chi connectivity index (χ3v) is 6.42. The van der Waals surface area contributed by atoms with Crippen LogP contribution in [0.1, 0.15) is 0 Å². The van der Waals surface area contributed by atoms with E-state index in [1.165, 1.54) is 12.1 Å². The van der Waals surface area contributed by atoms with Gasteiger partial charge < -0.3 is 14.3 Å². The lowest BCUT2D eigenvalue weighted by atomic mass is 10.2. The van der Waals surface area contributed by atoms with Crippen molar-refractivity contribution in [3.8, 4) is 22.7 Å². The monoisotopic (exact) mass is 447 g/mol. The summed E-state index contributed by atoms with van der Waals surface area (Å²) >= 11 is 1.55. The number of hydrogen-bond donors (Lipinski definition) is 0. The van der Waals surface area contributed by atoms with Crippen LogP contribution in [0.2, 0.25) is 0 Å². The molecule has 0 atom stereocenters. The van der Waals surface area contributed by atoms with E-state index < -0.39 is 0 Å². The first kappa shape index (κ1) is 18.9. The van der Waals surface area contributed by atoms with E-state index >= 15 is 0 Å². The van der Waals surface area contributed by atoms with Gasteiger partial charge in [-0.3, -0.25) is 0 Å². The first-order valence-electron chi connectivity index (χ1n) is 10.2. The Labute approximate surface area is 186 Å². The molecule has 1 fully saturated rings. The zero-order valence-corrected chi connectivity index (χ0v) is 17.7. The van der Waals surface area contributed by atoms with Crippen LogP contribution in [0.5, 0.6) is 0 Å². The maximum atomic E-state index is 13.2. The molecule has 10 heteroatoms. The molecular weight excluding hydrogens is 429 g/mol. The molecule has 1 saturated heterocycles. The summed E-state index contributed by atoms with van der Waals surface area (Å²) in [4.78, 5) is 14.4. The number of hydrogen-bond acceptors (Lipinski definition) is 8. The van der Waals surface area contributed by atoms with Crippen LogP contribution < -0.4 is 9.80 Å². The lowest BCUT2D eigenvalue weighted by Gasteiger charge is -2.33. The average Bonchev–Trinajstić information content (AvgIpc) is 3.56. The maximum Gasteiger partial charge on any atom is 0.266 e. The molecule has 6 rings (SSSR count). The summed E-state index contributed by atoms with van der Waals surface area (Å²) in [6, 6.07) is 16.1. The van der Waals surface area contributed by atoms with Crippen LogP contribution in [0.3, 0.4) is 0 Å². The molecule has 0 amide bonds. The van der Waals surface area contributed by atoms with E-state index in [9.17, 15) is 4.39 Å². The maximum absolute atomic E-state index is 13.2. The largest absolute Gasteiger partial charge is 0.343 e. The fraction of sp³-hybridized carbons (Fsp3) is 0.182. The van der Waals surface area contributed by atoms with E-state index in [1.54, 1.807) is 28.0 Å². The molecule has 0 saturated carbocycles. The number of halogens is 1.